The van der Waals surface area contributed by atoms with E-state index < -0.39 is 57.9 Å². The van der Waals surface area contributed by atoms with Gasteiger partial charge in [0, 0.05) is 0 Å². The summed E-state index contributed by atoms with van der Waals surface area (Å²) in [7, 11) is -5.81. The van der Waals surface area contributed by atoms with Crippen molar-refractivity contribution in [3.63, 3.8) is 0 Å². The maximum Gasteiger partial charge on any atom is 0.523 e. The van der Waals surface area contributed by atoms with Crippen LogP contribution >= 0.6 is 0 Å². The summed E-state index contributed by atoms with van der Waals surface area (Å²) in [5.74, 6) is -4.07. The first-order chi connectivity index (χ1) is 11.2. The molecule has 8 nitrogen and oxygen atoms in total. The van der Waals surface area contributed by atoms with Gasteiger partial charge in [0.2, 0.25) is 5.79 Å². The van der Waals surface area contributed by atoms with Crippen molar-refractivity contribution in [1.82, 2.24) is 0 Å². The largest absolute Gasteiger partial charge is 0.523 e. The molecule has 0 aromatic heterocycles. The van der Waals surface area contributed by atoms with E-state index in [4.69, 9.17) is 23.7 Å². The molecule has 0 N–H and O–H groups in total. The molecule has 25 heavy (non-hydrogen) atoms. The molecule has 3 aliphatic heterocycles. The first-order valence-electron chi connectivity index (χ1n) is 7.50. The van der Waals surface area contributed by atoms with Crippen molar-refractivity contribution in [2.45, 2.75) is 68.9 Å². The zero-order valence-corrected chi connectivity index (χ0v) is 14.8. The summed E-state index contributed by atoms with van der Waals surface area (Å²) in [6, 6.07) is 0. The van der Waals surface area contributed by atoms with E-state index in [-0.39, 0.29) is 6.61 Å². The number of rotatable bonds is 3. The van der Waals surface area contributed by atoms with Gasteiger partial charge in [0.05, 0.1) is 6.61 Å². The highest BCUT2D eigenvalue weighted by Crippen LogP contribution is 2.47. The number of halogens is 3. The van der Waals surface area contributed by atoms with Gasteiger partial charge in [0.25, 0.3) is 0 Å². The molecule has 0 saturated carbocycles. The molecule has 3 aliphatic rings. The Morgan fingerprint density at radius 3 is 2.32 bits per heavy atom. The van der Waals surface area contributed by atoms with E-state index in [1.54, 1.807) is 13.8 Å². The molecule has 4 atom stereocenters. The van der Waals surface area contributed by atoms with Gasteiger partial charge in [-0.2, -0.15) is 21.6 Å². The Bertz CT molecular complexity index is 646. The minimum atomic E-state index is -5.81. The van der Waals surface area contributed by atoms with Crippen molar-refractivity contribution in [2.75, 3.05) is 13.2 Å². The summed E-state index contributed by atoms with van der Waals surface area (Å²) < 4.78 is 92.4. The van der Waals surface area contributed by atoms with Crippen LogP contribution in [0.15, 0.2) is 0 Å². The summed E-state index contributed by atoms with van der Waals surface area (Å²) in [6.45, 7) is 5.25. The molecule has 146 valence electrons. The van der Waals surface area contributed by atoms with Gasteiger partial charge in [0.15, 0.2) is 11.6 Å². The van der Waals surface area contributed by atoms with Crippen molar-refractivity contribution in [1.29, 1.82) is 0 Å². The van der Waals surface area contributed by atoms with E-state index in [2.05, 4.69) is 4.18 Å². The van der Waals surface area contributed by atoms with Crippen molar-refractivity contribution in [2.24, 2.45) is 0 Å². The van der Waals surface area contributed by atoms with E-state index >= 15 is 0 Å². The Morgan fingerprint density at radius 2 is 1.72 bits per heavy atom. The summed E-state index contributed by atoms with van der Waals surface area (Å²) in [4.78, 5) is 0. The van der Waals surface area contributed by atoms with Gasteiger partial charge in [-0.3, -0.25) is 4.18 Å². The van der Waals surface area contributed by atoms with E-state index in [1.165, 1.54) is 13.8 Å². The summed E-state index contributed by atoms with van der Waals surface area (Å²) in [5, 5.41) is 0. The summed E-state index contributed by atoms with van der Waals surface area (Å²) >= 11 is 0. The maximum atomic E-state index is 12.5. The number of fused-ring (bicyclic) bond motifs is 3. The zero-order valence-electron chi connectivity index (χ0n) is 14.0. The van der Waals surface area contributed by atoms with Crippen molar-refractivity contribution < 1.29 is 49.5 Å². The SMILES string of the molecule is CC1(C)O[C@@H]2[C@@H](CO[C@@]3(COS(=O)(=O)C(F)(F)F)OC(C)(C)O[C@@H]23)O1. The average molecular weight is 392 g/mol. The fraction of sp³-hybridized carbons (Fsp3) is 1.00. The van der Waals surface area contributed by atoms with Crippen LogP contribution in [0.1, 0.15) is 27.7 Å². The van der Waals surface area contributed by atoms with Crippen LogP contribution in [0.5, 0.6) is 0 Å². The molecule has 0 bridgehead atoms. The standard InChI is InChI=1S/C13H19F3O8S/c1-10(2)21-7-5-19-12(6-20-25(17,18)13(14,15)16)9(8(7)22-10)23-11(3,4)24-12/h7-9H,5-6H2,1-4H3/t7-,8-,9+,12+/m1/s1. The first-order valence-corrected chi connectivity index (χ1v) is 8.91. The Hall–Kier alpha value is -0.500. The second-order valence-corrected chi connectivity index (χ2v) is 8.57. The molecule has 0 unspecified atom stereocenters. The lowest BCUT2D eigenvalue weighted by molar-refractivity contribution is -0.291. The lowest BCUT2D eigenvalue weighted by Gasteiger charge is -2.40. The molecule has 0 amide bonds. The van der Waals surface area contributed by atoms with Gasteiger partial charge in [-0.05, 0) is 27.7 Å². The fourth-order valence-corrected chi connectivity index (χ4v) is 3.63. The predicted octanol–water partition coefficient (Wildman–Crippen LogP) is 1.25. The average Bonchev–Trinajstić information content (AvgIpc) is 2.87. The third-order valence-electron chi connectivity index (χ3n) is 3.97. The van der Waals surface area contributed by atoms with Crippen LogP contribution in [0.2, 0.25) is 0 Å². The van der Waals surface area contributed by atoms with Gasteiger partial charge in [-0.1, -0.05) is 0 Å². The molecule has 3 rings (SSSR count). The van der Waals surface area contributed by atoms with Crippen molar-refractivity contribution in [3.8, 4) is 0 Å². The predicted molar refractivity (Wildman–Crippen MR) is 73.5 cm³/mol. The first kappa shape index (κ1) is 19.3. The normalized spacial score (nSPS) is 39.9. The van der Waals surface area contributed by atoms with Crippen molar-refractivity contribution in [3.05, 3.63) is 0 Å². The zero-order chi connectivity index (χ0) is 18.9. The van der Waals surface area contributed by atoms with Crippen LogP contribution in [0, 0.1) is 0 Å². The molecule has 12 heteroatoms. The fourth-order valence-electron chi connectivity index (χ4n) is 3.17. The minimum Gasteiger partial charge on any atom is -0.343 e. The third kappa shape index (κ3) is 3.40. The van der Waals surface area contributed by atoms with Gasteiger partial charge in [0.1, 0.15) is 24.9 Å². The Kier molecular flexibility index (Phi) is 4.24. The number of hydrogen-bond donors (Lipinski definition) is 0. The van der Waals surface area contributed by atoms with Crippen LogP contribution in [0.3, 0.4) is 0 Å². The van der Waals surface area contributed by atoms with Crippen LogP contribution in [0.4, 0.5) is 13.2 Å². The van der Waals surface area contributed by atoms with E-state index in [9.17, 15) is 21.6 Å². The Morgan fingerprint density at radius 1 is 1.08 bits per heavy atom. The summed E-state index contributed by atoms with van der Waals surface area (Å²) in [5.41, 5.74) is -5.56. The van der Waals surface area contributed by atoms with Crippen LogP contribution in [-0.4, -0.2) is 62.8 Å². The lowest BCUT2D eigenvalue weighted by Crippen LogP contribution is -2.60. The van der Waals surface area contributed by atoms with E-state index in [1.807, 2.05) is 0 Å². The maximum absolute atomic E-state index is 12.5. The molecule has 0 aliphatic carbocycles. The highest BCUT2D eigenvalue weighted by Gasteiger charge is 2.66. The molecule has 3 saturated heterocycles. The summed E-state index contributed by atoms with van der Waals surface area (Å²) in [6.07, 6.45) is -2.29. The van der Waals surface area contributed by atoms with Gasteiger partial charge < -0.3 is 23.7 Å². The van der Waals surface area contributed by atoms with Crippen molar-refractivity contribution >= 4 is 10.1 Å². The highest BCUT2D eigenvalue weighted by molar-refractivity contribution is 7.87. The lowest BCUT2D eigenvalue weighted by atomic mass is 9.98. The van der Waals surface area contributed by atoms with E-state index in [0.717, 1.165) is 0 Å². The Balaban J connectivity index is 1.85. The molecule has 0 spiro atoms. The quantitative estimate of drug-likeness (QED) is 0.524. The molecule has 3 fully saturated rings. The second kappa shape index (κ2) is 5.50. The molecule has 0 aromatic rings. The molecule has 0 radical (unpaired) electrons. The van der Waals surface area contributed by atoms with Gasteiger partial charge >= 0.3 is 15.6 Å². The Labute approximate surface area is 142 Å². The number of alkyl halides is 3. The third-order valence-corrected chi connectivity index (χ3v) is 4.97. The molecular formula is C13H19F3O8S. The van der Waals surface area contributed by atoms with Gasteiger partial charge in [-0.25, -0.2) is 0 Å². The highest BCUT2D eigenvalue weighted by atomic mass is 32.2. The van der Waals surface area contributed by atoms with Crippen LogP contribution in [0.25, 0.3) is 0 Å². The topological polar surface area (TPSA) is 89.5 Å². The van der Waals surface area contributed by atoms with Crippen LogP contribution < -0.4 is 0 Å². The van der Waals surface area contributed by atoms with E-state index in [0.29, 0.717) is 0 Å². The number of hydrogen-bond acceptors (Lipinski definition) is 8. The van der Waals surface area contributed by atoms with Gasteiger partial charge in [-0.15, -0.1) is 0 Å². The van der Waals surface area contributed by atoms with Crippen LogP contribution in [-0.2, 0) is 38.0 Å². The smallest absolute Gasteiger partial charge is 0.343 e. The molecular weight excluding hydrogens is 373 g/mol. The molecule has 0 aromatic carbocycles. The minimum absolute atomic E-state index is 0.0839. The number of ether oxygens (including phenoxy) is 5. The molecule has 3 heterocycles. The second-order valence-electron chi connectivity index (χ2n) is 6.96. The monoisotopic (exact) mass is 392 g/mol.